The summed E-state index contributed by atoms with van der Waals surface area (Å²) in [6.07, 6.45) is 0.952. The molecule has 2 rings (SSSR count). The molecule has 1 aliphatic heterocycles. The van der Waals surface area contributed by atoms with Crippen molar-refractivity contribution in [3.8, 4) is 0 Å². The smallest absolute Gasteiger partial charge is 0.123 e. The first kappa shape index (κ1) is 11.6. The van der Waals surface area contributed by atoms with Crippen LogP contribution < -0.4 is 5.32 Å². The molecule has 1 aliphatic rings. The molecule has 2 heterocycles. The average molecular weight is 225 g/mol. The Labute approximate surface area is 95.9 Å². The Morgan fingerprint density at radius 1 is 1.44 bits per heavy atom. The van der Waals surface area contributed by atoms with Crippen LogP contribution in [-0.4, -0.2) is 33.0 Å². The largest absolute Gasteiger partial charge is 0.464 e. The van der Waals surface area contributed by atoms with E-state index >= 15 is 0 Å². The van der Waals surface area contributed by atoms with E-state index in [2.05, 4.69) is 12.2 Å². The van der Waals surface area contributed by atoms with Crippen molar-refractivity contribution < 1.29 is 13.9 Å². The van der Waals surface area contributed by atoms with Crippen molar-refractivity contribution in [3.05, 3.63) is 23.7 Å². The number of rotatable bonds is 4. The maximum Gasteiger partial charge on any atom is 0.123 e. The molecular weight excluding hydrogens is 206 g/mol. The molecule has 2 atom stereocenters. The van der Waals surface area contributed by atoms with E-state index in [-0.39, 0.29) is 12.1 Å². The van der Waals surface area contributed by atoms with Crippen molar-refractivity contribution in [1.29, 1.82) is 0 Å². The van der Waals surface area contributed by atoms with Crippen LogP contribution in [0.4, 0.5) is 0 Å². The Bertz CT molecular complexity index is 318. The Balaban J connectivity index is 2.08. The molecule has 2 unspecified atom stereocenters. The van der Waals surface area contributed by atoms with Gasteiger partial charge in [0.05, 0.1) is 25.9 Å². The van der Waals surface area contributed by atoms with E-state index in [1.807, 2.05) is 19.2 Å². The number of hydrogen-bond acceptors (Lipinski definition) is 4. The number of furan rings is 1. The number of ether oxygens (including phenoxy) is 2. The topological polar surface area (TPSA) is 43.6 Å². The molecule has 0 bridgehead atoms. The number of nitrogens with one attached hydrogen (secondary N) is 1. The molecule has 1 aromatic rings. The summed E-state index contributed by atoms with van der Waals surface area (Å²) in [6, 6.07) is 4.10. The minimum atomic E-state index is 0.0367. The Morgan fingerprint density at radius 3 is 2.88 bits per heavy atom. The van der Waals surface area contributed by atoms with Gasteiger partial charge >= 0.3 is 0 Å². The molecule has 0 aliphatic carbocycles. The van der Waals surface area contributed by atoms with Gasteiger partial charge in [0.1, 0.15) is 17.6 Å². The summed E-state index contributed by atoms with van der Waals surface area (Å²) in [5.74, 6) is 1.93. The zero-order valence-corrected chi connectivity index (χ0v) is 9.86. The van der Waals surface area contributed by atoms with Crippen molar-refractivity contribution >= 4 is 0 Å². The third-order valence-electron chi connectivity index (χ3n) is 2.86. The highest BCUT2D eigenvalue weighted by atomic mass is 16.6. The maximum atomic E-state index is 5.74. The molecule has 1 N–H and O–H groups in total. The van der Waals surface area contributed by atoms with Crippen LogP contribution in [0.3, 0.4) is 0 Å². The lowest BCUT2D eigenvalue weighted by Crippen LogP contribution is -2.39. The number of aryl methyl sites for hydroxylation is 1. The van der Waals surface area contributed by atoms with Gasteiger partial charge in [-0.25, -0.2) is 0 Å². The van der Waals surface area contributed by atoms with E-state index in [4.69, 9.17) is 13.9 Å². The maximum absolute atomic E-state index is 5.74. The van der Waals surface area contributed by atoms with E-state index in [0.717, 1.165) is 17.9 Å². The summed E-state index contributed by atoms with van der Waals surface area (Å²) in [4.78, 5) is 0. The summed E-state index contributed by atoms with van der Waals surface area (Å²) >= 11 is 0. The van der Waals surface area contributed by atoms with Crippen LogP contribution >= 0.6 is 0 Å². The van der Waals surface area contributed by atoms with Crippen molar-refractivity contribution in [3.63, 3.8) is 0 Å². The van der Waals surface area contributed by atoms with E-state index in [0.29, 0.717) is 19.8 Å². The van der Waals surface area contributed by atoms with Crippen molar-refractivity contribution in [2.24, 2.45) is 0 Å². The fraction of sp³-hybridized carbons (Fsp3) is 0.667. The molecule has 0 saturated carbocycles. The van der Waals surface area contributed by atoms with Crippen LogP contribution in [0.2, 0.25) is 0 Å². The zero-order chi connectivity index (χ0) is 11.4. The summed E-state index contributed by atoms with van der Waals surface area (Å²) in [5.41, 5.74) is 0. The van der Waals surface area contributed by atoms with E-state index in [1.54, 1.807) is 0 Å². The Hall–Kier alpha value is -0.840. The van der Waals surface area contributed by atoms with E-state index < -0.39 is 0 Å². The number of likely N-dealkylation sites (N-methyl/N-ethyl adjacent to an activating group) is 1. The SMILES string of the molecule is CCc1ccc(C(NC)C2COCCO2)o1. The van der Waals surface area contributed by atoms with Gasteiger partial charge in [0, 0.05) is 6.42 Å². The van der Waals surface area contributed by atoms with Crippen molar-refractivity contribution in [2.45, 2.75) is 25.5 Å². The van der Waals surface area contributed by atoms with E-state index in [9.17, 15) is 0 Å². The summed E-state index contributed by atoms with van der Waals surface area (Å²) in [7, 11) is 1.91. The molecule has 90 valence electrons. The quantitative estimate of drug-likeness (QED) is 0.843. The first-order valence-corrected chi connectivity index (χ1v) is 5.80. The average Bonchev–Trinajstić information content (AvgIpc) is 2.80. The molecule has 4 heteroatoms. The standard InChI is InChI=1S/C12H19NO3/c1-3-9-4-5-10(16-9)12(13-2)11-8-14-6-7-15-11/h4-5,11-13H,3,6-8H2,1-2H3. The second-order valence-corrected chi connectivity index (χ2v) is 3.91. The van der Waals surface area contributed by atoms with Gasteiger partial charge in [0.25, 0.3) is 0 Å². The van der Waals surface area contributed by atoms with Crippen LogP contribution in [0.25, 0.3) is 0 Å². The third-order valence-corrected chi connectivity index (χ3v) is 2.86. The second kappa shape index (κ2) is 5.48. The molecule has 1 fully saturated rings. The van der Waals surface area contributed by atoms with Gasteiger partial charge in [-0.2, -0.15) is 0 Å². The fourth-order valence-electron chi connectivity index (χ4n) is 1.96. The van der Waals surface area contributed by atoms with Gasteiger partial charge in [-0.1, -0.05) is 6.92 Å². The van der Waals surface area contributed by atoms with Gasteiger partial charge < -0.3 is 19.2 Å². The third kappa shape index (κ3) is 2.45. The lowest BCUT2D eigenvalue weighted by molar-refractivity contribution is -0.104. The summed E-state index contributed by atoms with van der Waals surface area (Å²) < 4.78 is 16.8. The van der Waals surface area contributed by atoms with Gasteiger partial charge in [-0.15, -0.1) is 0 Å². The van der Waals surface area contributed by atoms with Crippen LogP contribution in [-0.2, 0) is 15.9 Å². The minimum Gasteiger partial charge on any atom is -0.464 e. The normalized spacial score (nSPS) is 23.2. The summed E-state index contributed by atoms with van der Waals surface area (Å²) in [6.45, 7) is 4.04. The lowest BCUT2D eigenvalue weighted by atomic mass is 10.1. The van der Waals surface area contributed by atoms with Crippen LogP contribution in [0.1, 0.15) is 24.5 Å². The Kier molecular flexibility index (Phi) is 3.98. The summed E-state index contributed by atoms with van der Waals surface area (Å²) in [5, 5.41) is 3.23. The number of hydrogen-bond donors (Lipinski definition) is 1. The highest BCUT2D eigenvalue weighted by Crippen LogP contribution is 2.23. The second-order valence-electron chi connectivity index (χ2n) is 3.91. The Morgan fingerprint density at radius 2 is 2.31 bits per heavy atom. The molecule has 0 spiro atoms. The molecule has 1 saturated heterocycles. The van der Waals surface area contributed by atoms with Crippen LogP contribution in [0.15, 0.2) is 16.5 Å². The monoisotopic (exact) mass is 225 g/mol. The molecule has 0 radical (unpaired) electrons. The first-order valence-electron chi connectivity index (χ1n) is 5.80. The molecule has 4 nitrogen and oxygen atoms in total. The fourth-order valence-corrected chi connectivity index (χ4v) is 1.96. The van der Waals surface area contributed by atoms with Gasteiger partial charge in [0.2, 0.25) is 0 Å². The van der Waals surface area contributed by atoms with E-state index in [1.165, 1.54) is 0 Å². The van der Waals surface area contributed by atoms with Crippen molar-refractivity contribution in [2.75, 3.05) is 26.9 Å². The van der Waals surface area contributed by atoms with Gasteiger partial charge in [-0.3, -0.25) is 0 Å². The predicted molar refractivity (Wildman–Crippen MR) is 60.4 cm³/mol. The van der Waals surface area contributed by atoms with Crippen LogP contribution in [0.5, 0.6) is 0 Å². The first-order chi connectivity index (χ1) is 7.85. The van der Waals surface area contributed by atoms with Crippen LogP contribution in [0, 0.1) is 0 Å². The molecule has 1 aromatic heterocycles. The highest BCUT2D eigenvalue weighted by molar-refractivity contribution is 5.12. The predicted octanol–water partition coefficient (Wildman–Crippen LogP) is 1.52. The zero-order valence-electron chi connectivity index (χ0n) is 9.86. The molecule has 0 aromatic carbocycles. The lowest BCUT2D eigenvalue weighted by Gasteiger charge is -2.28. The highest BCUT2D eigenvalue weighted by Gasteiger charge is 2.27. The van der Waals surface area contributed by atoms with Gasteiger partial charge in [0.15, 0.2) is 0 Å². The van der Waals surface area contributed by atoms with Gasteiger partial charge in [-0.05, 0) is 19.2 Å². The van der Waals surface area contributed by atoms with Crippen molar-refractivity contribution in [1.82, 2.24) is 5.32 Å². The molecule has 0 amide bonds. The minimum absolute atomic E-state index is 0.0367. The molecule has 16 heavy (non-hydrogen) atoms. The molecular formula is C12H19NO3.